The molecule has 0 bridgehead atoms. The van der Waals surface area contributed by atoms with E-state index < -0.39 is 17.6 Å². The van der Waals surface area contributed by atoms with Gasteiger partial charge in [0.05, 0.1) is 12.2 Å². The number of nitrogens with one attached hydrogen (secondary N) is 1. The second-order valence-corrected chi connectivity index (χ2v) is 6.10. The Hall–Kier alpha value is -2.87. The Morgan fingerprint density at radius 1 is 1.07 bits per heavy atom. The van der Waals surface area contributed by atoms with Crippen LogP contribution >= 0.6 is 0 Å². The number of pyridine rings is 1. The van der Waals surface area contributed by atoms with E-state index in [0.29, 0.717) is 34.8 Å². The molecule has 0 aliphatic carbocycles. The summed E-state index contributed by atoms with van der Waals surface area (Å²) in [6, 6.07) is 7.34. The Balaban J connectivity index is 2.04. The van der Waals surface area contributed by atoms with Crippen molar-refractivity contribution in [2.45, 2.75) is 19.5 Å². The number of halogens is 4. The van der Waals surface area contributed by atoms with Crippen molar-refractivity contribution in [1.29, 1.82) is 0 Å². The first-order valence-electron chi connectivity index (χ1n) is 8.54. The van der Waals surface area contributed by atoms with Crippen LogP contribution in [0, 0.1) is 5.82 Å². The molecule has 2 aromatic carbocycles. The van der Waals surface area contributed by atoms with Crippen molar-refractivity contribution in [3.8, 4) is 16.9 Å². The van der Waals surface area contributed by atoms with Crippen molar-refractivity contribution in [2.24, 2.45) is 0 Å². The van der Waals surface area contributed by atoms with Crippen LogP contribution < -0.4 is 10.3 Å². The lowest BCUT2D eigenvalue weighted by molar-refractivity contribution is -0.139. The first-order chi connectivity index (χ1) is 13.3. The Labute approximate surface area is 157 Å². The fraction of sp³-hybridized carbons (Fsp3) is 0.250. The molecule has 3 rings (SSSR count). The number of H-pyrrole nitrogens is 1. The Morgan fingerprint density at radius 2 is 1.86 bits per heavy atom. The van der Waals surface area contributed by atoms with Gasteiger partial charge < -0.3 is 14.5 Å². The molecule has 28 heavy (non-hydrogen) atoms. The van der Waals surface area contributed by atoms with E-state index in [9.17, 15) is 22.4 Å². The van der Waals surface area contributed by atoms with Crippen molar-refractivity contribution in [3.63, 3.8) is 0 Å². The molecule has 148 valence electrons. The lowest BCUT2D eigenvalue weighted by Gasteiger charge is -2.12. The van der Waals surface area contributed by atoms with Gasteiger partial charge in [0.25, 0.3) is 5.56 Å². The average molecular weight is 395 g/mol. The third-order valence-electron chi connectivity index (χ3n) is 4.12. The van der Waals surface area contributed by atoms with Crippen LogP contribution in [0.4, 0.5) is 17.6 Å². The van der Waals surface area contributed by atoms with E-state index in [1.807, 2.05) is 6.92 Å². The quantitative estimate of drug-likeness (QED) is 0.358. The Bertz CT molecular complexity index is 1040. The van der Waals surface area contributed by atoms with Gasteiger partial charge in [-0.15, -0.1) is 0 Å². The maximum atomic E-state index is 14.0. The zero-order chi connectivity index (χ0) is 20.3. The van der Waals surface area contributed by atoms with E-state index in [-0.39, 0.29) is 17.9 Å². The molecule has 0 unspecified atom stereocenters. The molecule has 0 fully saturated rings. The Morgan fingerprint density at radius 3 is 2.54 bits per heavy atom. The smallest absolute Gasteiger partial charge is 0.419 e. The van der Waals surface area contributed by atoms with Crippen LogP contribution in [0.2, 0.25) is 0 Å². The zero-order valence-electron chi connectivity index (χ0n) is 14.9. The minimum atomic E-state index is -4.78. The highest BCUT2D eigenvalue weighted by Gasteiger charge is 2.34. The fourth-order valence-electron chi connectivity index (χ4n) is 2.79. The van der Waals surface area contributed by atoms with Gasteiger partial charge in [0.1, 0.15) is 11.6 Å². The van der Waals surface area contributed by atoms with E-state index >= 15 is 0 Å². The minimum Gasteiger partial charge on any atom is -0.468 e. The van der Waals surface area contributed by atoms with Gasteiger partial charge in [-0.1, -0.05) is 13.0 Å². The van der Waals surface area contributed by atoms with Gasteiger partial charge in [-0.25, -0.2) is 4.39 Å². The number of hydrogen-bond acceptors (Lipinski definition) is 3. The monoisotopic (exact) mass is 395 g/mol. The second-order valence-electron chi connectivity index (χ2n) is 6.10. The van der Waals surface area contributed by atoms with E-state index in [2.05, 4.69) is 4.98 Å². The van der Waals surface area contributed by atoms with E-state index in [4.69, 9.17) is 9.47 Å². The van der Waals surface area contributed by atoms with Crippen LogP contribution in [0.5, 0.6) is 5.75 Å². The molecule has 0 aliphatic heterocycles. The highest BCUT2D eigenvalue weighted by molar-refractivity contribution is 5.96. The number of hydrogen-bond donors (Lipinski definition) is 1. The van der Waals surface area contributed by atoms with Gasteiger partial charge in [-0.2, -0.15) is 13.2 Å². The highest BCUT2D eigenvalue weighted by atomic mass is 19.4. The molecule has 0 radical (unpaired) electrons. The van der Waals surface area contributed by atoms with Gasteiger partial charge in [0.2, 0.25) is 0 Å². The van der Waals surface area contributed by atoms with Crippen molar-refractivity contribution in [1.82, 2.24) is 4.98 Å². The summed E-state index contributed by atoms with van der Waals surface area (Å²) in [5.74, 6) is -0.965. The molecule has 0 amide bonds. The third kappa shape index (κ3) is 4.17. The molecule has 0 spiro atoms. The van der Waals surface area contributed by atoms with Crippen molar-refractivity contribution >= 4 is 10.8 Å². The van der Waals surface area contributed by atoms with Gasteiger partial charge in [-0.05, 0) is 42.3 Å². The zero-order valence-corrected chi connectivity index (χ0v) is 14.9. The number of fused-ring (bicyclic) bond motifs is 1. The maximum absolute atomic E-state index is 14.0. The summed E-state index contributed by atoms with van der Waals surface area (Å²) in [7, 11) is 0. The predicted octanol–water partition coefficient (Wildman–Crippen LogP) is 5.12. The first kappa shape index (κ1) is 19.9. The van der Waals surface area contributed by atoms with E-state index in [1.54, 1.807) is 12.1 Å². The SMILES string of the molecule is CCCOCOc1ccc2c(=O)[nH]cc(-c3ccc(C(F)(F)F)c(F)c3)c2c1. The fourth-order valence-corrected chi connectivity index (χ4v) is 2.79. The Kier molecular flexibility index (Phi) is 5.69. The number of aromatic nitrogens is 1. The molecule has 0 atom stereocenters. The van der Waals surface area contributed by atoms with E-state index in [1.165, 1.54) is 12.3 Å². The number of aromatic amines is 1. The summed E-state index contributed by atoms with van der Waals surface area (Å²) >= 11 is 0. The lowest BCUT2D eigenvalue weighted by Crippen LogP contribution is -2.09. The first-order valence-corrected chi connectivity index (χ1v) is 8.54. The third-order valence-corrected chi connectivity index (χ3v) is 4.12. The molecule has 4 nitrogen and oxygen atoms in total. The van der Waals surface area contributed by atoms with Gasteiger partial charge in [-0.3, -0.25) is 4.79 Å². The van der Waals surface area contributed by atoms with Crippen LogP contribution in [0.3, 0.4) is 0 Å². The molecule has 0 aliphatic rings. The van der Waals surface area contributed by atoms with Crippen LogP contribution in [-0.4, -0.2) is 18.4 Å². The predicted molar refractivity (Wildman–Crippen MR) is 96.7 cm³/mol. The minimum absolute atomic E-state index is 0.0206. The van der Waals surface area contributed by atoms with Crippen molar-refractivity contribution in [2.75, 3.05) is 13.4 Å². The number of alkyl halides is 3. The summed E-state index contributed by atoms with van der Waals surface area (Å²) in [4.78, 5) is 14.6. The molecule has 0 saturated carbocycles. The molecule has 1 N–H and O–H groups in total. The molecular weight excluding hydrogens is 378 g/mol. The van der Waals surface area contributed by atoms with Gasteiger partial charge in [0, 0.05) is 22.5 Å². The molecule has 3 aromatic rings. The second kappa shape index (κ2) is 8.02. The summed E-state index contributed by atoms with van der Waals surface area (Å²) in [5.41, 5.74) is -1.14. The van der Waals surface area contributed by atoms with Crippen LogP contribution in [-0.2, 0) is 10.9 Å². The highest BCUT2D eigenvalue weighted by Crippen LogP contribution is 2.35. The number of benzene rings is 2. The summed E-state index contributed by atoms with van der Waals surface area (Å²) in [6.45, 7) is 2.51. The van der Waals surface area contributed by atoms with Crippen molar-refractivity contribution in [3.05, 3.63) is 64.3 Å². The number of rotatable bonds is 6. The van der Waals surface area contributed by atoms with Gasteiger partial charge >= 0.3 is 6.18 Å². The summed E-state index contributed by atoms with van der Waals surface area (Å²) in [5, 5.41) is 0.732. The average Bonchev–Trinajstić information content (AvgIpc) is 2.64. The maximum Gasteiger partial charge on any atom is 0.419 e. The van der Waals surface area contributed by atoms with Crippen molar-refractivity contribution < 1.29 is 27.0 Å². The topological polar surface area (TPSA) is 51.3 Å². The number of ether oxygens (including phenoxy) is 2. The molecule has 1 heterocycles. The normalized spacial score (nSPS) is 11.8. The molecular formula is C20H17F4NO3. The van der Waals surface area contributed by atoms with Crippen LogP contribution in [0.25, 0.3) is 21.9 Å². The summed E-state index contributed by atoms with van der Waals surface area (Å²) in [6.07, 6.45) is -2.61. The molecule has 1 aromatic heterocycles. The largest absolute Gasteiger partial charge is 0.468 e. The standard InChI is InChI=1S/C20H17F4NO3/c1-2-7-27-11-28-13-4-5-14-15(9-13)16(10-25-19(14)26)12-3-6-17(18(21)8-12)20(22,23)24/h3-6,8-10H,2,7,11H2,1H3,(H,25,26). The van der Waals surface area contributed by atoms with E-state index in [0.717, 1.165) is 18.6 Å². The summed E-state index contributed by atoms with van der Waals surface area (Å²) < 4.78 is 63.1. The van der Waals surface area contributed by atoms with Crippen LogP contribution in [0.1, 0.15) is 18.9 Å². The molecule has 0 saturated heterocycles. The van der Waals surface area contributed by atoms with Gasteiger partial charge in [0.15, 0.2) is 6.79 Å². The van der Waals surface area contributed by atoms with Crippen LogP contribution in [0.15, 0.2) is 47.4 Å². The molecule has 8 heteroatoms. The lowest BCUT2D eigenvalue weighted by atomic mass is 9.99.